The number of carbonyl (C=O) groups is 2. The number of nitrogens with zero attached hydrogens (tertiary/aromatic N) is 2. The van der Waals surface area contributed by atoms with Gasteiger partial charge < -0.3 is 10.2 Å². The molecule has 0 bridgehead atoms. The van der Waals surface area contributed by atoms with Crippen molar-refractivity contribution in [2.24, 2.45) is 5.92 Å². The molecular weight excluding hydrogens is 617 g/mol. The van der Waals surface area contributed by atoms with E-state index in [0.29, 0.717) is 6.54 Å². The van der Waals surface area contributed by atoms with Crippen LogP contribution in [0.25, 0.3) is 0 Å². The molecule has 0 saturated carbocycles. The van der Waals surface area contributed by atoms with E-state index in [-0.39, 0.29) is 45.4 Å². The third-order valence-electron chi connectivity index (χ3n) is 6.94. The number of amides is 2. The minimum atomic E-state index is -4.28. The first-order chi connectivity index (χ1) is 21.1. The Balaban J connectivity index is 1.81. The number of hydrogen-bond acceptors (Lipinski definition) is 4. The Morgan fingerprint density at radius 1 is 0.795 bits per heavy atom. The molecule has 1 atom stereocenters. The highest BCUT2D eigenvalue weighted by Gasteiger charge is 2.35. The summed E-state index contributed by atoms with van der Waals surface area (Å²) in [5.41, 5.74) is 1.70. The molecule has 0 aliphatic heterocycles. The Bertz CT molecular complexity index is 1650. The minimum absolute atomic E-state index is 0.0195. The molecule has 0 heterocycles. The van der Waals surface area contributed by atoms with Gasteiger partial charge >= 0.3 is 0 Å². The quantitative estimate of drug-likeness (QED) is 0.176. The number of carbonyl (C=O) groups excluding carboxylic acids is 2. The molecule has 0 fully saturated rings. The van der Waals surface area contributed by atoms with E-state index in [2.05, 4.69) is 5.32 Å². The number of nitrogens with one attached hydrogen (secondary N) is 1. The largest absolute Gasteiger partial charge is 0.354 e. The molecule has 4 aromatic rings. The van der Waals surface area contributed by atoms with Gasteiger partial charge in [0.05, 0.1) is 15.6 Å². The zero-order valence-electron chi connectivity index (χ0n) is 24.6. The lowest BCUT2D eigenvalue weighted by atomic mass is 10.0. The molecule has 2 amide bonds. The van der Waals surface area contributed by atoms with Crippen LogP contribution in [-0.4, -0.2) is 44.3 Å². The van der Waals surface area contributed by atoms with E-state index in [4.69, 9.17) is 23.2 Å². The Morgan fingerprint density at radius 3 is 1.95 bits per heavy atom. The number of sulfonamides is 1. The van der Waals surface area contributed by atoms with Gasteiger partial charge in [-0.3, -0.25) is 13.9 Å². The van der Waals surface area contributed by atoms with Crippen LogP contribution in [0.1, 0.15) is 25.0 Å². The molecule has 44 heavy (non-hydrogen) atoms. The van der Waals surface area contributed by atoms with Gasteiger partial charge in [0, 0.05) is 24.5 Å². The van der Waals surface area contributed by atoms with E-state index in [1.54, 1.807) is 24.3 Å². The van der Waals surface area contributed by atoms with Crippen molar-refractivity contribution >= 4 is 50.7 Å². The zero-order chi connectivity index (χ0) is 31.7. The summed E-state index contributed by atoms with van der Waals surface area (Å²) in [6.07, 6.45) is 0.229. The highest BCUT2D eigenvalue weighted by atomic mass is 35.5. The minimum Gasteiger partial charge on any atom is -0.354 e. The van der Waals surface area contributed by atoms with Crippen LogP contribution >= 0.6 is 23.2 Å². The maximum absolute atomic E-state index is 14.4. The average Bonchev–Trinajstić information content (AvgIpc) is 3.03. The van der Waals surface area contributed by atoms with E-state index < -0.39 is 28.5 Å². The lowest BCUT2D eigenvalue weighted by molar-refractivity contribution is -0.140. The monoisotopic (exact) mass is 651 g/mol. The molecule has 4 rings (SSSR count). The molecule has 1 unspecified atom stereocenters. The zero-order valence-corrected chi connectivity index (χ0v) is 26.9. The van der Waals surface area contributed by atoms with Crippen LogP contribution in [0.2, 0.25) is 10.0 Å². The average molecular weight is 653 g/mol. The molecule has 7 nitrogen and oxygen atoms in total. The second kappa shape index (κ2) is 15.2. The third kappa shape index (κ3) is 8.62. The number of benzene rings is 4. The molecule has 0 aliphatic rings. The second-order valence-electron chi connectivity index (χ2n) is 10.8. The lowest BCUT2D eigenvalue weighted by Gasteiger charge is -2.34. The second-order valence-corrected chi connectivity index (χ2v) is 13.5. The maximum atomic E-state index is 14.4. The molecule has 0 aliphatic carbocycles. The van der Waals surface area contributed by atoms with Crippen LogP contribution in [0, 0.1) is 5.92 Å². The van der Waals surface area contributed by atoms with Gasteiger partial charge in [-0.1, -0.05) is 116 Å². The third-order valence-corrected chi connectivity index (χ3v) is 9.27. The van der Waals surface area contributed by atoms with Gasteiger partial charge in [-0.15, -0.1) is 0 Å². The van der Waals surface area contributed by atoms with E-state index in [0.717, 1.165) is 15.4 Å². The van der Waals surface area contributed by atoms with Crippen molar-refractivity contribution in [2.45, 2.75) is 37.8 Å². The highest BCUT2D eigenvalue weighted by Crippen LogP contribution is 2.33. The van der Waals surface area contributed by atoms with Crippen molar-refractivity contribution in [1.29, 1.82) is 0 Å². The van der Waals surface area contributed by atoms with Gasteiger partial charge in [-0.25, -0.2) is 8.42 Å². The van der Waals surface area contributed by atoms with Crippen LogP contribution < -0.4 is 9.62 Å². The normalized spacial score (nSPS) is 12.0. The highest BCUT2D eigenvalue weighted by molar-refractivity contribution is 7.92. The predicted molar refractivity (Wildman–Crippen MR) is 176 cm³/mol. The molecule has 230 valence electrons. The Hall–Kier alpha value is -3.85. The molecule has 0 spiro atoms. The Kier molecular flexibility index (Phi) is 11.4. The molecule has 10 heteroatoms. The first-order valence-electron chi connectivity index (χ1n) is 14.2. The van der Waals surface area contributed by atoms with Crippen molar-refractivity contribution in [3.05, 3.63) is 130 Å². The fourth-order valence-corrected chi connectivity index (χ4v) is 6.55. The van der Waals surface area contributed by atoms with Gasteiger partial charge in [-0.2, -0.15) is 0 Å². The molecule has 1 N–H and O–H groups in total. The van der Waals surface area contributed by atoms with Crippen molar-refractivity contribution in [1.82, 2.24) is 10.2 Å². The fraction of sp³-hybridized carbons (Fsp3) is 0.235. The van der Waals surface area contributed by atoms with Crippen LogP contribution in [-0.2, 0) is 32.6 Å². The standard InChI is InChI=1S/C34H35Cl2N3O4S/c1-25(2)22-37-34(41)32(20-26-12-6-3-7-13-26)38(23-27-14-8-4-9-15-27)33(40)24-39(31-21-28(35)18-19-30(31)36)44(42,43)29-16-10-5-11-17-29/h3-19,21,25,32H,20,22-24H2,1-2H3,(H,37,41). The van der Waals surface area contributed by atoms with Gasteiger partial charge in [0.1, 0.15) is 12.6 Å². The topological polar surface area (TPSA) is 86.8 Å². The molecular formula is C34H35Cl2N3O4S. The van der Waals surface area contributed by atoms with E-state index >= 15 is 0 Å². The van der Waals surface area contributed by atoms with E-state index in [9.17, 15) is 18.0 Å². The van der Waals surface area contributed by atoms with Crippen LogP contribution in [0.15, 0.2) is 114 Å². The smallest absolute Gasteiger partial charge is 0.264 e. The summed E-state index contributed by atoms with van der Waals surface area (Å²) in [6.45, 7) is 3.85. The number of rotatable bonds is 13. The van der Waals surface area contributed by atoms with Gasteiger partial charge in [0.25, 0.3) is 10.0 Å². The predicted octanol–water partition coefficient (Wildman–Crippen LogP) is 6.60. The molecule has 0 saturated heterocycles. The molecule has 4 aromatic carbocycles. The van der Waals surface area contributed by atoms with Crippen molar-refractivity contribution in [3.63, 3.8) is 0 Å². The van der Waals surface area contributed by atoms with Crippen LogP contribution in [0.5, 0.6) is 0 Å². The van der Waals surface area contributed by atoms with Gasteiger partial charge in [0.15, 0.2) is 0 Å². The van der Waals surface area contributed by atoms with E-state index in [1.807, 2.05) is 74.5 Å². The van der Waals surface area contributed by atoms with Crippen molar-refractivity contribution < 1.29 is 18.0 Å². The summed E-state index contributed by atoms with van der Waals surface area (Å²) in [4.78, 5) is 29.7. The summed E-state index contributed by atoms with van der Waals surface area (Å²) in [5, 5.41) is 3.33. The number of halogens is 2. The first kappa shape index (κ1) is 33.1. The summed E-state index contributed by atoms with van der Waals surface area (Å²) >= 11 is 12.8. The number of anilines is 1. The fourth-order valence-electron chi connectivity index (χ4n) is 4.67. The lowest BCUT2D eigenvalue weighted by Crippen LogP contribution is -2.53. The van der Waals surface area contributed by atoms with E-state index in [1.165, 1.54) is 29.2 Å². The summed E-state index contributed by atoms with van der Waals surface area (Å²) in [5.74, 6) is -0.721. The SMILES string of the molecule is CC(C)CNC(=O)C(Cc1ccccc1)N(Cc1ccccc1)C(=O)CN(c1cc(Cl)ccc1Cl)S(=O)(=O)c1ccccc1. The summed E-state index contributed by atoms with van der Waals surface area (Å²) < 4.78 is 29.1. The first-order valence-corrected chi connectivity index (χ1v) is 16.4. The summed E-state index contributed by atoms with van der Waals surface area (Å²) in [6, 6.07) is 30.0. The van der Waals surface area contributed by atoms with Gasteiger partial charge in [0.2, 0.25) is 11.8 Å². The van der Waals surface area contributed by atoms with Gasteiger partial charge in [-0.05, 0) is 47.4 Å². The Morgan fingerprint density at radius 2 is 1.36 bits per heavy atom. The maximum Gasteiger partial charge on any atom is 0.264 e. The van der Waals surface area contributed by atoms with Crippen molar-refractivity contribution in [2.75, 3.05) is 17.4 Å². The Labute approximate surface area is 269 Å². The summed E-state index contributed by atoms with van der Waals surface area (Å²) in [7, 11) is -4.28. The number of hydrogen-bond donors (Lipinski definition) is 1. The molecule has 0 radical (unpaired) electrons. The molecule has 0 aromatic heterocycles. The van der Waals surface area contributed by atoms with Crippen molar-refractivity contribution in [3.8, 4) is 0 Å². The van der Waals surface area contributed by atoms with Crippen LogP contribution in [0.4, 0.5) is 5.69 Å². The van der Waals surface area contributed by atoms with Crippen LogP contribution in [0.3, 0.4) is 0 Å².